The summed E-state index contributed by atoms with van der Waals surface area (Å²) in [5.74, 6) is 6.17. The lowest BCUT2D eigenvalue weighted by Gasteiger charge is -2.60. The Morgan fingerprint density at radius 2 is 0.971 bits per heavy atom. The fourth-order valence-electron chi connectivity index (χ4n) is 11.4. The van der Waals surface area contributed by atoms with E-state index in [0.717, 1.165) is 35.5 Å². The molecule has 1 aromatic carbocycles. The zero-order valence-electron chi connectivity index (χ0n) is 22.0. The molecule has 8 fully saturated rings. The standard InChI is InChI=1S/C32H48P2/c1-30(2,3)25-4-5-26(28(33)31-13-19-6-20(14-31)8-21(7-19)15-31)27(12-25)29(34)32-16-22-9-23(17-32)11-24(10-22)18-32/h4-5,12,19-24,28-29H,6-11,13-18,33-34H2,1-3H3. The fraction of sp³-hybridized carbons (Fsp3) is 0.812. The van der Waals surface area contributed by atoms with Gasteiger partial charge in [0, 0.05) is 11.3 Å². The predicted molar refractivity (Wildman–Crippen MR) is 151 cm³/mol. The summed E-state index contributed by atoms with van der Waals surface area (Å²) in [5, 5.41) is 0. The van der Waals surface area contributed by atoms with Gasteiger partial charge in [-0.15, -0.1) is 18.5 Å². The number of hydrogen-bond donors (Lipinski definition) is 0. The average Bonchev–Trinajstić information content (AvgIpc) is 2.75. The second kappa shape index (κ2) is 7.80. The molecule has 0 nitrogen and oxygen atoms in total. The zero-order valence-corrected chi connectivity index (χ0v) is 24.3. The molecule has 1 aromatic rings. The predicted octanol–water partition coefficient (Wildman–Crippen LogP) is 9.25. The Balaban J connectivity index is 1.30. The van der Waals surface area contributed by atoms with Crippen LogP contribution in [0.3, 0.4) is 0 Å². The third-order valence-electron chi connectivity index (χ3n) is 12.1. The van der Waals surface area contributed by atoms with Crippen molar-refractivity contribution >= 4 is 18.5 Å². The molecule has 0 aliphatic heterocycles. The maximum Gasteiger partial charge on any atom is 0.00450 e. The molecule has 8 bridgehead atoms. The van der Waals surface area contributed by atoms with Crippen molar-refractivity contribution in [2.45, 2.75) is 115 Å². The van der Waals surface area contributed by atoms with Gasteiger partial charge < -0.3 is 0 Å². The van der Waals surface area contributed by atoms with Crippen LogP contribution in [0, 0.1) is 46.3 Å². The molecule has 8 aliphatic rings. The minimum absolute atomic E-state index is 0.218. The lowest BCUT2D eigenvalue weighted by molar-refractivity contribution is -0.0575. The molecule has 0 heterocycles. The monoisotopic (exact) mass is 494 g/mol. The van der Waals surface area contributed by atoms with E-state index in [1.54, 1.807) is 55.2 Å². The van der Waals surface area contributed by atoms with Gasteiger partial charge in [0.15, 0.2) is 0 Å². The van der Waals surface area contributed by atoms with E-state index < -0.39 is 0 Å². The summed E-state index contributed by atoms with van der Waals surface area (Å²) in [7, 11) is 6.95. The summed E-state index contributed by atoms with van der Waals surface area (Å²) in [6.07, 6.45) is 18.3. The van der Waals surface area contributed by atoms with Gasteiger partial charge in [0.1, 0.15) is 0 Å². The van der Waals surface area contributed by atoms with Crippen LogP contribution in [-0.2, 0) is 5.41 Å². The zero-order chi connectivity index (χ0) is 23.5. The van der Waals surface area contributed by atoms with Crippen LogP contribution in [0.15, 0.2) is 18.2 Å². The summed E-state index contributed by atoms with van der Waals surface area (Å²) in [6, 6.07) is 7.82. The molecule has 0 radical (unpaired) electrons. The third kappa shape index (κ3) is 3.58. The molecule has 8 saturated carbocycles. The van der Waals surface area contributed by atoms with E-state index >= 15 is 0 Å². The number of benzene rings is 1. The van der Waals surface area contributed by atoms with E-state index in [-0.39, 0.29) is 5.41 Å². The molecule has 2 heteroatoms. The first-order valence-corrected chi connectivity index (χ1v) is 16.1. The van der Waals surface area contributed by atoms with E-state index in [1.807, 2.05) is 0 Å². The minimum atomic E-state index is 0.218. The molecule has 4 atom stereocenters. The lowest BCUT2D eigenvalue weighted by atomic mass is 9.47. The van der Waals surface area contributed by atoms with E-state index in [9.17, 15) is 0 Å². The highest BCUT2D eigenvalue weighted by Crippen LogP contribution is 2.69. The average molecular weight is 495 g/mol. The molecule has 0 saturated heterocycles. The van der Waals surface area contributed by atoms with Crippen molar-refractivity contribution in [1.29, 1.82) is 0 Å². The number of hydrogen-bond acceptors (Lipinski definition) is 0. The Bertz CT molecular complexity index is 897. The summed E-state index contributed by atoms with van der Waals surface area (Å²) < 4.78 is 0. The van der Waals surface area contributed by atoms with Crippen LogP contribution < -0.4 is 0 Å². The summed E-state index contributed by atoms with van der Waals surface area (Å²) >= 11 is 0. The fourth-order valence-corrected chi connectivity index (χ4v) is 12.8. The SMILES string of the molecule is CC(C)(C)c1ccc(C(P)C23CC4CC(CC(C4)C2)C3)c(C(P)C23CC4CC(CC(C4)C2)C3)c1. The van der Waals surface area contributed by atoms with Crippen LogP contribution in [-0.4, -0.2) is 0 Å². The largest absolute Gasteiger partial charge is 0.129 e. The van der Waals surface area contributed by atoms with Gasteiger partial charge in [0.05, 0.1) is 0 Å². The second-order valence-corrected chi connectivity index (χ2v) is 16.9. The van der Waals surface area contributed by atoms with Crippen LogP contribution in [0.4, 0.5) is 0 Å². The van der Waals surface area contributed by atoms with Crippen LogP contribution in [0.25, 0.3) is 0 Å². The van der Waals surface area contributed by atoms with Crippen LogP contribution in [0.2, 0.25) is 0 Å². The highest BCUT2D eigenvalue weighted by atomic mass is 31.0. The molecular formula is C32H48P2. The maximum atomic E-state index is 3.48. The molecule has 0 amide bonds. The Labute approximate surface area is 214 Å². The number of rotatable bonds is 4. The van der Waals surface area contributed by atoms with Crippen molar-refractivity contribution in [2.75, 3.05) is 0 Å². The molecule has 186 valence electrons. The van der Waals surface area contributed by atoms with E-state index in [1.165, 1.54) is 38.5 Å². The third-order valence-corrected chi connectivity index (χ3v) is 14.2. The first kappa shape index (κ1) is 23.2. The molecule has 0 spiro atoms. The molecular weight excluding hydrogens is 446 g/mol. The quantitative estimate of drug-likeness (QED) is 0.366. The lowest BCUT2D eigenvalue weighted by Crippen LogP contribution is -2.49. The van der Waals surface area contributed by atoms with E-state index in [0.29, 0.717) is 22.1 Å². The van der Waals surface area contributed by atoms with Gasteiger partial charge in [-0.25, -0.2) is 0 Å². The Kier molecular flexibility index (Phi) is 5.32. The van der Waals surface area contributed by atoms with Crippen LogP contribution >= 0.6 is 18.5 Å². The van der Waals surface area contributed by atoms with Crippen LogP contribution in [0.1, 0.15) is 126 Å². The van der Waals surface area contributed by atoms with Crippen LogP contribution in [0.5, 0.6) is 0 Å². The summed E-state index contributed by atoms with van der Waals surface area (Å²) in [5.41, 5.74) is 7.60. The first-order valence-electron chi connectivity index (χ1n) is 14.8. The smallest absolute Gasteiger partial charge is 0.00450 e. The second-order valence-electron chi connectivity index (χ2n) is 15.6. The van der Waals surface area contributed by atoms with Gasteiger partial charge in [-0.1, -0.05) is 39.0 Å². The highest BCUT2D eigenvalue weighted by molar-refractivity contribution is 7.17. The van der Waals surface area contributed by atoms with Gasteiger partial charge >= 0.3 is 0 Å². The Hall–Kier alpha value is 0.0800. The molecule has 8 aliphatic carbocycles. The topological polar surface area (TPSA) is 0 Å². The minimum Gasteiger partial charge on any atom is -0.129 e. The summed E-state index contributed by atoms with van der Waals surface area (Å²) in [4.78, 5) is 0. The molecule has 0 N–H and O–H groups in total. The van der Waals surface area contributed by atoms with Gasteiger partial charge in [-0.2, -0.15) is 0 Å². The van der Waals surface area contributed by atoms with Gasteiger partial charge in [-0.3, -0.25) is 0 Å². The Morgan fingerprint density at radius 1 is 0.618 bits per heavy atom. The molecule has 9 rings (SSSR count). The van der Waals surface area contributed by atoms with Crippen molar-refractivity contribution in [3.05, 3.63) is 34.9 Å². The van der Waals surface area contributed by atoms with Gasteiger partial charge in [0.25, 0.3) is 0 Å². The molecule has 0 aromatic heterocycles. The maximum absolute atomic E-state index is 3.48. The molecule has 4 unspecified atom stereocenters. The van der Waals surface area contributed by atoms with Crippen molar-refractivity contribution in [3.63, 3.8) is 0 Å². The molecule has 34 heavy (non-hydrogen) atoms. The van der Waals surface area contributed by atoms with Crippen molar-refractivity contribution < 1.29 is 0 Å². The van der Waals surface area contributed by atoms with E-state index in [2.05, 4.69) is 57.4 Å². The Morgan fingerprint density at radius 3 is 1.32 bits per heavy atom. The summed E-state index contributed by atoms with van der Waals surface area (Å²) in [6.45, 7) is 7.22. The normalized spacial score (nSPS) is 46.1. The first-order chi connectivity index (χ1) is 16.1. The van der Waals surface area contributed by atoms with Gasteiger partial charge in [0.2, 0.25) is 0 Å². The van der Waals surface area contributed by atoms with Crippen molar-refractivity contribution in [3.8, 4) is 0 Å². The van der Waals surface area contributed by atoms with Gasteiger partial charge in [-0.05, 0) is 145 Å². The van der Waals surface area contributed by atoms with Crippen molar-refractivity contribution in [1.82, 2.24) is 0 Å². The van der Waals surface area contributed by atoms with E-state index in [4.69, 9.17) is 0 Å². The van der Waals surface area contributed by atoms with Crippen molar-refractivity contribution in [2.24, 2.45) is 46.3 Å². The highest BCUT2D eigenvalue weighted by Gasteiger charge is 2.56.